The zero-order chi connectivity index (χ0) is 15.2. The van der Waals surface area contributed by atoms with Gasteiger partial charge in [0.15, 0.2) is 0 Å². The van der Waals surface area contributed by atoms with Crippen LogP contribution in [0.15, 0.2) is 24.3 Å². The molecule has 8 heteroatoms. The number of benzene rings is 1. The van der Waals surface area contributed by atoms with Crippen molar-refractivity contribution in [1.29, 1.82) is 0 Å². The second kappa shape index (κ2) is 8.09. The minimum atomic E-state index is -4.51. The van der Waals surface area contributed by atoms with Crippen molar-refractivity contribution in [3.8, 4) is 0 Å². The van der Waals surface area contributed by atoms with E-state index >= 15 is 0 Å². The number of alkyl halides is 5. The van der Waals surface area contributed by atoms with Crippen LogP contribution in [0.2, 0.25) is 0 Å². The third-order valence-corrected chi connectivity index (χ3v) is 3.81. The summed E-state index contributed by atoms with van der Waals surface area (Å²) in [7, 11) is 0. The van der Waals surface area contributed by atoms with Gasteiger partial charge in [0.05, 0.1) is 5.56 Å². The molecule has 1 aromatic rings. The maximum absolute atomic E-state index is 12.6. The quantitative estimate of drug-likeness (QED) is 0.326. The molecule has 0 saturated carbocycles. The van der Waals surface area contributed by atoms with Gasteiger partial charge in [-0.15, -0.1) is 11.8 Å². The van der Waals surface area contributed by atoms with Gasteiger partial charge in [-0.25, -0.2) is 0 Å². The molecule has 0 N–H and O–H groups in total. The first-order valence-electron chi connectivity index (χ1n) is 5.68. The fraction of sp³-hybridized carbons (Fsp3) is 0.500. The number of ether oxygens (including phenoxy) is 1. The minimum Gasteiger partial charge on any atom is -0.304 e. The van der Waals surface area contributed by atoms with E-state index in [1.807, 2.05) is 0 Å². The first-order chi connectivity index (χ1) is 9.34. The third-order valence-electron chi connectivity index (χ3n) is 2.28. The van der Waals surface area contributed by atoms with Gasteiger partial charge in [0.2, 0.25) is 0 Å². The van der Waals surface area contributed by atoms with Gasteiger partial charge in [-0.05, 0) is 35.6 Å². The van der Waals surface area contributed by atoms with Crippen LogP contribution in [0, 0.1) is 0 Å². The topological polar surface area (TPSA) is 9.23 Å². The highest BCUT2D eigenvalue weighted by atomic mass is 32.2. The molecule has 0 aromatic heterocycles. The van der Waals surface area contributed by atoms with Crippen molar-refractivity contribution in [2.75, 3.05) is 11.5 Å². The Morgan fingerprint density at radius 2 is 1.95 bits per heavy atom. The molecule has 20 heavy (non-hydrogen) atoms. The molecule has 0 aliphatic carbocycles. The molecule has 0 saturated heterocycles. The van der Waals surface area contributed by atoms with E-state index in [1.165, 1.54) is 12.1 Å². The van der Waals surface area contributed by atoms with Crippen molar-refractivity contribution >= 4 is 24.4 Å². The summed E-state index contributed by atoms with van der Waals surface area (Å²) in [6.45, 7) is -3.04. The van der Waals surface area contributed by atoms with E-state index in [-0.39, 0.29) is 5.56 Å². The predicted octanol–water partition coefficient (Wildman–Crippen LogP) is 5.00. The van der Waals surface area contributed by atoms with Gasteiger partial charge in [-0.3, -0.25) is 0 Å². The van der Waals surface area contributed by atoms with Crippen molar-refractivity contribution < 1.29 is 26.7 Å². The fourth-order valence-electron chi connectivity index (χ4n) is 1.42. The maximum atomic E-state index is 12.6. The second-order valence-electron chi connectivity index (χ2n) is 3.80. The van der Waals surface area contributed by atoms with Gasteiger partial charge >= 0.3 is 12.8 Å². The van der Waals surface area contributed by atoms with Gasteiger partial charge in [0.25, 0.3) is 0 Å². The van der Waals surface area contributed by atoms with E-state index < -0.39 is 23.8 Å². The van der Waals surface area contributed by atoms with Crippen LogP contribution >= 0.6 is 24.4 Å². The zero-order valence-electron chi connectivity index (χ0n) is 10.2. The molecule has 114 valence electrons. The summed E-state index contributed by atoms with van der Waals surface area (Å²) in [5, 5.41) is 0. The van der Waals surface area contributed by atoms with E-state index in [0.29, 0.717) is 17.9 Å². The lowest BCUT2D eigenvalue weighted by Gasteiger charge is -2.18. The van der Waals surface area contributed by atoms with Crippen LogP contribution in [0.25, 0.3) is 0 Å². The lowest BCUT2D eigenvalue weighted by atomic mass is 10.1. The number of hydrogen-bond donors (Lipinski definition) is 1. The smallest absolute Gasteiger partial charge is 0.304 e. The van der Waals surface area contributed by atoms with Gasteiger partial charge in [0.1, 0.15) is 5.44 Å². The highest BCUT2D eigenvalue weighted by Crippen LogP contribution is 2.36. The lowest BCUT2D eigenvalue weighted by molar-refractivity contribution is -0.141. The average Bonchev–Trinajstić information content (AvgIpc) is 2.36. The largest absolute Gasteiger partial charge is 0.416 e. The molecule has 0 bridgehead atoms. The van der Waals surface area contributed by atoms with Gasteiger partial charge in [0, 0.05) is 0 Å². The van der Waals surface area contributed by atoms with Crippen LogP contribution in [0.5, 0.6) is 0 Å². The SMILES string of the molecule is FC(F)OC(SCCCS)c1cccc(C(F)(F)F)c1. The van der Waals surface area contributed by atoms with Gasteiger partial charge in [-0.1, -0.05) is 12.1 Å². The van der Waals surface area contributed by atoms with Crippen LogP contribution in [0.1, 0.15) is 23.0 Å². The Hall–Kier alpha value is -0.470. The number of rotatable bonds is 7. The Bertz CT molecular complexity index is 411. The van der Waals surface area contributed by atoms with E-state index in [2.05, 4.69) is 17.4 Å². The Labute approximate surface area is 123 Å². The monoisotopic (exact) mass is 332 g/mol. The predicted molar refractivity (Wildman–Crippen MR) is 72.2 cm³/mol. The number of hydrogen-bond acceptors (Lipinski definition) is 3. The highest BCUT2D eigenvalue weighted by Gasteiger charge is 2.31. The number of thiol groups is 1. The second-order valence-corrected chi connectivity index (χ2v) is 5.42. The van der Waals surface area contributed by atoms with E-state index in [4.69, 9.17) is 0 Å². The zero-order valence-corrected chi connectivity index (χ0v) is 11.9. The molecular formula is C12H13F5OS2. The summed E-state index contributed by atoms with van der Waals surface area (Å²) < 4.78 is 66.9. The van der Waals surface area contributed by atoms with Crippen LogP contribution < -0.4 is 0 Å². The molecule has 1 atom stereocenters. The molecule has 0 amide bonds. The molecule has 0 spiro atoms. The molecule has 0 aliphatic heterocycles. The Balaban J connectivity index is 2.89. The van der Waals surface area contributed by atoms with Crippen molar-refractivity contribution in [1.82, 2.24) is 0 Å². The molecule has 1 aromatic carbocycles. The summed E-state index contributed by atoms with van der Waals surface area (Å²) in [4.78, 5) is 0. The normalized spacial score (nSPS) is 13.8. The van der Waals surface area contributed by atoms with Crippen LogP contribution in [-0.2, 0) is 10.9 Å². The lowest BCUT2D eigenvalue weighted by Crippen LogP contribution is -2.09. The first-order valence-corrected chi connectivity index (χ1v) is 7.36. The summed E-state index contributed by atoms with van der Waals surface area (Å²) in [6, 6.07) is 4.25. The van der Waals surface area contributed by atoms with E-state index in [0.717, 1.165) is 23.9 Å². The Kier molecular flexibility index (Phi) is 7.11. The van der Waals surface area contributed by atoms with Crippen molar-refractivity contribution in [3.05, 3.63) is 35.4 Å². The molecule has 1 rings (SSSR count). The van der Waals surface area contributed by atoms with Gasteiger partial charge in [-0.2, -0.15) is 34.6 Å². The Morgan fingerprint density at radius 1 is 1.25 bits per heavy atom. The molecule has 1 unspecified atom stereocenters. The minimum absolute atomic E-state index is 0.0734. The maximum Gasteiger partial charge on any atom is 0.416 e. The van der Waals surface area contributed by atoms with E-state index in [1.54, 1.807) is 0 Å². The van der Waals surface area contributed by atoms with Crippen molar-refractivity contribution in [3.63, 3.8) is 0 Å². The van der Waals surface area contributed by atoms with Crippen LogP contribution in [0.3, 0.4) is 0 Å². The average molecular weight is 332 g/mol. The van der Waals surface area contributed by atoms with Crippen LogP contribution in [0.4, 0.5) is 22.0 Å². The first kappa shape index (κ1) is 17.6. The van der Waals surface area contributed by atoms with Crippen LogP contribution in [-0.4, -0.2) is 18.1 Å². The molecule has 0 fully saturated rings. The summed E-state index contributed by atoms with van der Waals surface area (Å²) in [6.07, 6.45) is -3.86. The third kappa shape index (κ3) is 5.88. The highest BCUT2D eigenvalue weighted by molar-refractivity contribution is 7.99. The van der Waals surface area contributed by atoms with E-state index in [9.17, 15) is 22.0 Å². The molecule has 0 radical (unpaired) electrons. The van der Waals surface area contributed by atoms with Gasteiger partial charge < -0.3 is 4.74 Å². The molecule has 0 aliphatic rings. The summed E-state index contributed by atoms with van der Waals surface area (Å²) in [5.41, 5.74) is -1.94. The molecule has 0 heterocycles. The number of halogens is 5. The molecule has 1 nitrogen and oxygen atoms in total. The molecular weight excluding hydrogens is 319 g/mol. The summed E-state index contributed by atoms with van der Waals surface area (Å²) >= 11 is 5.01. The van der Waals surface area contributed by atoms with Crippen molar-refractivity contribution in [2.45, 2.75) is 24.6 Å². The standard InChI is InChI=1S/C12H13F5OS2/c13-11(14)18-10(20-6-2-5-19)8-3-1-4-9(7-8)12(15,16)17/h1,3-4,7,10-11,19H,2,5-6H2. The fourth-order valence-corrected chi connectivity index (χ4v) is 2.82. The Morgan fingerprint density at radius 3 is 2.50 bits per heavy atom. The summed E-state index contributed by atoms with van der Waals surface area (Å²) in [5.74, 6) is 1.04. The van der Waals surface area contributed by atoms with Crippen molar-refractivity contribution in [2.24, 2.45) is 0 Å². The number of thioether (sulfide) groups is 1.